The summed E-state index contributed by atoms with van der Waals surface area (Å²) in [5.41, 5.74) is 0.335. The summed E-state index contributed by atoms with van der Waals surface area (Å²) in [4.78, 5) is 14.7. The Bertz CT molecular complexity index is 599. The van der Waals surface area contributed by atoms with Gasteiger partial charge in [-0.1, -0.05) is 44.2 Å². The number of Topliss-reactive ketones (excluding diaryl/α,β-unsaturated/α-hetero) is 1. The van der Waals surface area contributed by atoms with E-state index in [0.29, 0.717) is 13.1 Å². The van der Waals surface area contributed by atoms with E-state index in [0.717, 1.165) is 17.1 Å². The number of nitrogens with zero attached hydrogens (tertiary/aromatic N) is 1. The van der Waals surface area contributed by atoms with Crippen molar-refractivity contribution < 1.29 is 9.21 Å². The molecule has 0 saturated carbocycles. The topological polar surface area (TPSA) is 33.5 Å². The molecule has 0 amide bonds. The molecule has 2 rings (SSSR count). The van der Waals surface area contributed by atoms with Crippen LogP contribution in [0.25, 0.3) is 0 Å². The van der Waals surface area contributed by atoms with Crippen LogP contribution in [-0.2, 0) is 6.54 Å². The van der Waals surface area contributed by atoms with E-state index in [1.165, 1.54) is 0 Å². The fraction of sp³-hybridized carbons (Fsp3) is 0.389. The molecule has 0 aliphatic rings. The normalized spacial score (nSPS) is 11.9. The van der Waals surface area contributed by atoms with Crippen molar-refractivity contribution in [2.75, 3.05) is 13.6 Å². The Hall–Kier alpha value is -1.87. The third-order valence-corrected chi connectivity index (χ3v) is 3.54. The first kappa shape index (κ1) is 15.5. The second-order valence-corrected chi connectivity index (χ2v) is 6.26. The molecule has 0 bridgehead atoms. The van der Waals surface area contributed by atoms with Crippen molar-refractivity contribution in [3.63, 3.8) is 0 Å². The minimum absolute atomic E-state index is 0.172. The highest BCUT2D eigenvalue weighted by Gasteiger charge is 2.30. The molecule has 0 aliphatic carbocycles. The number of furan rings is 1. The first-order chi connectivity index (χ1) is 9.88. The lowest BCUT2D eigenvalue weighted by molar-refractivity contribution is 0.0774. The number of carbonyl (C=O) groups is 1. The van der Waals surface area contributed by atoms with Crippen molar-refractivity contribution >= 4 is 5.78 Å². The number of aryl methyl sites for hydroxylation is 1. The Kier molecular flexibility index (Phi) is 4.63. The minimum atomic E-state index is -0.433. The monoisotopic (exact) mass is 285 g/mol. The maximum atomic E-state index is 12.6. The molecule has 0 aliphatic heterocycles. The van der Waals surface area contributed by atoms with Gasteiger partial charge in [-0.15, -0.1) is 0 Å². The van der Waals surface area contributed by atoms with Gasteiger partial charge in [0.25, 0.3) is 0 Å². The lowest BCUT2D eigenvalue weighted by Gasteiger charge is -2.28. The van der Waals surface area contributed by atoms with Crippen LogP contribution in [0, 0.1) is 12.3 Å². The number of rotatable bonds is 6. The van der Waals surface area contributed by atoms with Crippen molar-refractivity contribution in [2.45, 2.75) is 27.3 Å². The summed E-state index contributed by atoms with van der Waals surface area (Å²) in [6, 6.07) is 13.4. The number of ketones is 1. The first-order valence-corrected chi connectivity index (χ1v) is 7.22. The summed E-state index contributed by atoms with van der Waals surface area (Å²) in [5, 5.41) is 0. The maximum absolute atomic E-state index is 12.6. The maximum Gasteiger partial charge on any atom is 0.169 e. The van der Waals surface area contributed by atoms with E-state index in [1.54, 1.807) is 0 Å². The zero-order valence-electron chi connectivity index (χ0n) is 13.2. The molecule has 1 heterocycles. The van der Waals surface area contributed by atoms with Crippen molar-refractivity contribution in [2.24, 2.45) is 5.41 Å². The van der Waals surface area contributed by atoms with Crippen molar-refractivity contribution in [3.05, 3.63) is 59.5 Å². The Morgan fingerprint density at radius 2 is 1.81 bits per heavy atom. The molecule has 0 radical (unpaired) electrons. The van der Waals surface area contributed by atoms with Gasteiger partial charge in [0, 0.05) is 17.5 Å². The number of benzene rings is 1. The average Bonchev–Trinajstić information content (AvgIpc) is 2.83. The average molecular weight is 285 g/mol. The van der Waals surface area contributed by atoms with Crippen LogP contribution in [-0.4, -0.2) is 24.3 Å². The smallest absolute Gasteiger partial charge is 0.169 e. The lowest BCUT2D eigenvalue weighted by Crippen LogP contribution is -2.37. The summed E-state index contributed by atoms with van der Waals surface area (Å²) in [5.74, 6) is 2.02. The largest absolute Gasteiger partial charge is 0.465 e. The van der Waals surface area contributed by atoms with Gasteiger partial charge in [-0.3, -0.25) is 9.69 Å². The van der Waals surface area contributed by atoms with Gasteiger partial charge in [0.1, 0.15) is 11.5 Å². The van der Waals surface area contributed by atoms with Crippen molar-refractivity contribution in [3.8, 4) is 0 Å². The second kappa shape index (κ2) is 6.27. The van der Waals surface area contributed by atoms with Crippen LogP contribution in [0.3, 0.4) is 0 Å². The van der Waals surface area contributed by atoms with E-state index in [4.69, 9.17) is 4.42 Å². The van der Waals surface area contributed by atoms with Crippen LogP contribution in [0.1, 0.15) is 35.7 Å². The molecule has 21 heavy (non-hydrogen) atoms. The van der Waals surface area contributed by atoms with E-state index in [1.807, 2.05) is 70.3 Å². The van der Waals surface area contributed by atoms with E-state index in [-0.39, 0.29) is 5.78 Å². The molecule has 112 valence electrons. The molecule has 0 saturated heterocycles. The third-order valence-electron chi connectivity index (χ3n) is 3.54. The quantitative estimate of drug-likeness (QED) is 0.754. The molecule has 1 aromatic heterocycles. The van der Waals surface area contributed by atoms with Crippen LogP contribution in [0.15, 0.2) is 46.9 Å². The Morgan fingerprint density at radius 3 is 2.38 bits per heavy atom. The molecule has 0 spiro atoms. The van der Waals surface area contributed by atoms with Gasteiger partial charge in [0.2, 0.25) is 0 Å². The van der Waals surface area contributed by atoms with Gasteiger partial charge in [-0.05, 0) is 26.1 Å². The van der Waals surface area contributed by atoms with Crippen LogP contribution in [0.2, 0.25) is 0 Å². The Labute approximate surface area is 126 Å². The molecule has 3 nitrogen and oxygen atoms in total. The number of carbonyl (C=O) groups excluding carboxylic acids is 1. The van der Waals surface area contributed by atoms with E-state index < -0.39 is 5.41 Å². The highest BCUT2D eigenvalue weighted by Crippen LogP contribution is 2.23. The van der Waals surface area contributed by atoms with Gasteiger partial charge in [-0.2, -0.15) is 0 Å². The zero-order valence-corrected chi connectivity index (χ0v) is 13.2. The summed E-state index contributed by atoms with van der Waals surface area (Å²) >= 11 is 0. The third kappa shape index (κ3) is 4.05. The van der Waals surface area contributed by atoms with Gasteiger partial charge >= 0.3 is 0 Å². The van der Waals surface area contributed by atoms with Gasteiger partial charge in [0.15, 0.2) is 5.78 Å². The molecule has 0 atom stereocenters. The molecule has 0 N–H and O–H groups in total. The molecule has 2 aromatic rings. The predicted octanol–water partition coefficient (Wildman–Crippen LogP) is 3.93. The van der Waals surface area contributed by atoms with Crippen LogP contribution < -0.4 is 0 Å². The van der Waals surface area contributed by atoms with E-state index >= 15 is 0 Å². The zero-order chi connectivity index (χ0) is 15.5. The van der Waals surface area contributed by atoms with E-state index in [9.17, 15) is 4.79 Å². The molecular weight excluding hydrogens is 262 g/mol. The highest BCUT2D eigenvalue weighted by atomic mass is 16.3. The summed E-state index contributed by atoms with van der Waals surface area (Å²) in [6.45, 7) is 7.31. The van der Waals surface area contributed by atoms with Gasteiger partial charge < -0.3 is 4.42 Å². The number of hydrogen-bond donors (Lipinski definition) is 0. The summed E-state index contributed by atoms with van der Waals surface area (Å²) < 4.78 is 5.59. The fourth-order valence-corrected chi connectivity index (χ4v) is 2.62. The minimum Gasteiger partial charge on any atom is -0.465 e. The first-order valence-electron chi connectivity index (χ1n) is 7.22. The standard InChI is InChI=1S/C18H23NO2/c1-14-10-11-16(21-14)12-19(4)13-18(2,3)17(20)15-8-6-5-7-9-15/h5-11H,12-13H2,1-4H3. The van der Waals surface area contributed by atoms with Crippen LogP contribution >= 0.6 is 0 Å². The Morgan fingerprint density at radius 1 is 1.14 bits per heavy atom. The highest BCUT2D eigenvalue weighted by molar-refractivity contribution is 6.00. The number of hydrogen-bond acceptors (Lipinski definition) is 3. The van der Waals surface area contributed by atoms with Gasteiger partial charge in [-0.25, -0.2) is 0 Å². The SMILES string of the molecule is Cc1ccc(CN(C)CC(C)(C)C(=O)c2ccccc2)o1. The molecule has 0 fully saturated rings. The molecule has 3 heteroatoms. The lowest BCUT2D eigenvalue weighted by atomic mass is 9.84. The van der Waals surface area contributed by atoms with Crippen LogP contribution in [0.5, 0.6) is 0 Å². The fourth-order valence-electron chi connectivity index (χ4n) is 2.62. The second-order valence-electron chi connectivity index (χ2n) is 6.26. The van der Waals surface area contributed by atoms with Gasteiger partial charge in [0.05, 0.1) is 6.54 Å². The van der Waals surface area contributed by atoms with E-state index in [2.05, 4.69) is 4.90 Å². The molecule has 1 aromatic carbocycles. The summed E-state index contributed by atoms with van der Waals surface area (Å²) in [7, 11) is 2.01. The molecule has 0 unspecified atom stereocenters. The van der Waals surface area contributed by atoms with Crippen molar-refractivity contribution in [1.29, 1.82) is 0 Å². The summed E-state index contributed by atoms with van der Waals surface area (Å²) in [6.07, 6.45) is 0. The predicted molar refractivity (Wildman–Crippen MR) is 84.3 cm³/mol. The Balaban J connectivity index is 2.01. The molecular formula is C18H23NO2. The van der Waals surface area contributed by atoms with Crippen molar-refractivity contribution in [1.82, 2.24) is 4.90 Å². The van der Waals surface area contributed by atoms with Crippen LogP contribution in [0.4, 0.5) is 0 Å².